The fourth-order valence-electron chi connectivity index (χ4n) is 2.56. The molecular formula is C14H24BClO2. The summed E-state index contributed by atoms with van der Waals surface area (Å²) >= 11 is 6.39. The molecule has 0 bridgehead atoms. The topological polar surface area (TPSA) is 18.5 Å². The van der Waals surface area contributed by atoms with Crippen molar-refractivity contribution in [1.82, 2.24) is 0 Å². The predicted molar refractivity (Wildman–Crippen MR) is 76.6 cm³/mol. The first-order valence-electron chi connectivity index (χ1n) is 7.05. The van der Waals surface area contributed by atoms with E-state index in [1.807, 2.05) is 0 Å². The molecule has 0 aromatic rings. The van der Waals surface area contributed by atoms with Gasteiger partial charge in [-0.2, -0.15) is 0 Å². The highest BCUT2D eigenvalue weighted by Crippen LogP contribution is 2.39. The fraction of sp³-hybridized carbons (Fsp3) is 0.857. The lowest BCUT2D eigenvalue weighted by Crippen LogP contribution is -2.41. The zero-order chi connectivity index (χ0) is 13.4. The zero-order valence-electron chi connectivity index (χ0n) is 12.0. The van der Waals surface area contributed by atoms with Crippen molar-refractivity contribution in [2.45, 2.75) is 71.0 Å². The molecule has 2 nitrogen and oxygen atoms in total. The molecule has 0 atom stereocenters. The van der Waals surface area contributed by atoms with Gasteiger partial charge in [0, 0.05) is 4.93 Å². The van der Waals surface area contributed by atoms with Crippen LogP contribution in [0.2, 0.25) is 0 Å². The number of hydrogen-bond donors (Lipinski definition) is 0. The number of rotatable bonds is 2. The highest BCUT2D eigenvalue weighted by atomic mass is 35.5. The average molecular weight is 271 g/mol. The van der Waals surface area contributed by atoms with Crippen LogP contribution in [0.3, 0.4) is 0 Å². The van der Waals surface area contributed by atoms with Gasteiger partial charge in [0.25, 0.3) is 0 Å². The third-order valence-corrected chi connectivity index (χ3v) is 4.83. The third-order valence-electron chi connectivity index (χ3n) is 4.52. The van der Waals surface area contributed by atoms with Crippen molar-refractivity contribution < 1.29 is 9.31 Å². The number of allylic oxidation sites excluding steroid dienone is 1. The van der Waals surface area contributed by atoms with Crippen molar-refractivity contribution in [2.75, 3.05) is 0 Å². The van der Waals surface area contributed by atoms with Gasteiger partial charge in [-0.3, -0.25) is 0 Å². The van der Waals surface area contributed by atoms with E-state index in [9.17, 15) is 0 Å². The first kappa shape index (κ1) is 14.4. The smallest absolute Gasteiger partial charge is 0.399 e. The quantitative estimate of drug-likeness (QED) is 0.696. The maximum atomic E-state index is 6.39. The third kappa shape index (κ3) is 2.94. The summed E-state index contributed by atoms with van der Waals surface area (Å²) in [5, 5.41) is 0. The minimum atomic E-state index is -0.390. The summed E-state index contributed by atoms with van der Waals surface area (Å²) in [6.45, 7) is 8.21. The van der Waals surface area contributed by atoms with E-state index in [1.54, 1.807) is 0 Å². The van der Waals surface area contributed by atoms with Crippen LogP contribution in [0, 0.1) is 5.92 Å². The van der Waals surface area contributed by atoms with Crippen LogP contribution in [0.1, 0.15) is 59.8 Å². The van der Waals surface area contributed by atoms with Crippen molar-refractivity contribution in [1.29, 1.82) is 0 Å². The SMILES string of the molecule is CC1(C)OB(/C(Cl)=C\C2CCCCC2)OC1(C)C. The molecule has 4 heteroatoms. The molecule has 1 aliphatic heterocycles. The van der Waals surface area contributed by atoms with E-state index in [2.05, 4.69) is 33.8 Å². The molecule has 1 saturated heterocycles. The Morgan fingerprint density at radius 2 is 1.56 bits per heavy atom. The first-order valence-corrected chi connectivity index (χ1v) is 7.42. The lowest BCUT2D eigenvalue weighted by molar-refractivity contribution is 0.00578. The molecule has 0 aromatic carbocycles. The lowest BCUT2D eigenvalue weighted by atomic mass is 9.83. The van der Waals surface area contributed by atoms with Crippen molar-refractivity contribution in [3.05, 3.63) is 11.0 Å². The minimum Gasteiger partial charge on any atom is -0.399 e. The maximum absolute atomic E-state index is 6.39. The van der Waals surface area contributed by atoms with Gasteiger partial charge in [-0.05, 0) is 46.5 Å². The largest absolute Gasteiger partial charge is 0.506 e. The molecular weight excluding hydrogens is 246 g/mol. The van der Waals surface area contributed by atoms with Gasteiger partial charge in [0.15, 0.2) is 0 Å². The van der Waals surface area contributed by atoms with Gasteiger partial charge >= 0.3 is 7.12 Å². The van der Waals surface area contributed by atoms with E-state index in [0.717, 1.165) is 4.93 Å². The molecule has 0 N–H and O–H groups in total. The van der Waals surface area contributed by atoms with E-state index in [1.165, 1.54) is 32.1 Å². The van der Waals surface area contributed by atoms with Crippen molar-refractivity contribution in [3.8, 4) is 0 Å². The average Bonchev–Trinajstić information content (AvgIpc) is 2.50. The summed E-state index contributed by atoms with van der Waals surface area (Å²) in [4.78, 5) is 0.723. The molecule has 18 heavy (non-hydrogen) atoms. The Labute approximate surface area is 116 Å². The predicted octanol–water partition coefficient (Wildman–Crippen LogP) is 4.32. The van der Waals surface area contributed by atoms with Gasteiger partial charge in [0.05, 0.1) is 11.2 Å². The summed E-state index contributed by atoms with van der Waals surface area (Å²) in [6, 6.07) is 0. The van der Waals surface area contributed by atoms with Crippen molar-refractivity contribution in [2.24, 2.45) is 5.92 Å². The molecule has 1 aliphatic carbocycles. The van der Waals surface area contributed by atoms with Gasteiger partial charge in [0.1, 0.15) is 0 Å². The van der Waals surface area contributed by atoms with Crippen LogP contribution in [0.25, 0.3) is 0 Å². The molecule has 1 heterocycles. The van der Waals surface area contributed by atoms with Crippen LogP contribution in [0.15, 0.2) is 11.0 Å². The second-order valence-corrected chi connectivity index (χ2v) is 6.97. The molecule has 0 spiro atoms. The Hall–Kier alpha value is 0.0149. The van der Waals surface area contributed by atoms with Crippen molar-refractivity contribution in [3.63, 3.8) is 0 Å². The Kier molecular flexibility index (Phi) is 4.15. The minimum absolute atomic E-state index is 0.307. The van der Waals surface area contributed by atoms with Gasteiger partial charge in [-0.1, -0.05) is 36.9 Å². The molecule has 1 saturated carbocycles. The van der Waals surface area contributed by atoms with Crippen LogP contribution in [0.5, 0.6) is 0 Å². The van der Waals surface area contributed by atoms with E-state index in [-0.39, 0.29) is 11.2 Å². The molecule has 0 unspecified atom stereocenters. The molecule has 0 amide bonds. The van der Waals surface area contributed by atoms with E-state index in [4.69, 9.17) is 20.9 Å². The Bertz CT molecular complexity index is 317. The zero-order valence-corrected chi connectivity index (χ0v) is 12.7. The fourth-order valence-corrected chi connectivity index (χ4v) is 2.83. The number of hydrogen-bond acceptors (Lipinski definition) is 2. The summed E-state index contributed by atoms with van der Waals surface area (Å²) in [5.41, 5.74) is -0.615. The molecule has 2 aliphatic rings. The normalized spacial score (nSPS) is 28.7. The van der Waals surface area contributed by atoms with Crippen LogP contribution in [0.4, 0.5) is 0 Å². The summed E-state index contributed by atoms with van der Waals surface area (Å²) in [7, 11) is -0.390. The second-order valence-electron chi connectivity index (χ2n) is 6.54. The van der Waals surface area contributed by atoms with E-state index >= 15 is 0 Å². The van der Waals surface area contributed by atoms with Gasteiger partial charge in [-0.15, -0.1) is 0 Å². The highest BCUT2D eigenvalue weighted by molar-refractivity contribution is 6.69. The molecule has 2 rings (SSSR count). The summed E-state index contributed by atoms with van der Waals surface area (Å²) < 4.78 is 11.9. The van der Waals surface area contributed by atoms with Crippen LogP contribution in [-0.2, 0) is 9.31 Å². The highest BCUT2D eigenvalue weighted by Gasteiger charge is 2.52. The molecule has 2 fully saturated rings. The molecule has 102 valence electrons. The van der Waals surface area contributed by atoms with Crippen LogP contribution >= 0.6 is 11.6 Å². The van der Waals surface area contributed by atoms with E-state index in [0.29, 0.717) is 5.92 Å². The van der Waals surface area contributed by atoms with Crippen LogP contribution in [-0.4, -0.2) is 18.3 Å². The Morgan fingerprint density at radius 1 is 1.06 bits per heavy atom. The van der Waals surface area contributed by atoms with Gasteiger partial charge in [-0.25, -0.2) is 0 Å². The van der Waals surface area contributed by atoms with Gasteiger partial charge < -0.3 is 9.31 Å². The van der Waals surface area contributed by atoms with Crippen molar-refractivity contribution >= 4 is 18.7 Å². The monoisotopic (exact) mass is 270 g/mol. The van der Waals surface area contributed by atoms with Gasteiger partial charge in [0.2, 0.25) is 0 Å². The second kappa shape index (κ2) is 5.18. The van der Waals surface area contributed by atoms with Crippen LogP contribution < -0.4 is 0 Å². The molecule has 0 radical (unpaired) electrons. The summed E-state index contributed by atoms with van der Waals surface area (Å²) in [6.07, 6.45) is 8.64. The number of halogens is 1. The Morgan fingerprint density at radius 3 is 2.06 bits per heavy atom. The summed E-state index contributed by atoms with van der Waals surface area (Å²) in [5.74, 6) is 0.602. The van der Waals surface area contributed by atoms with E-state index < -0.39 is 7.12 Å². The lowest BCUT2D eigenvalue weighted by Gasteiger charge is -2.32. The first-order chi connectivity index (χ1) is 8.32. The molecule has 0 aromatic heterocycles. The Balaban J connectivity index is 2.02. The standard InChI is InChI=1S/C14H24BClO2/c1-13(2)14(3,4)18-15(17-13)12(16)10-11-8-6-5-7-9-11/h10-11H,5-9H2,1-4H3/b12-10+. The maximum Gasteiger partial charge on any atom is 0.506 e.